The molecule has 0 saturated carbocycles. The quantitative estimate of drug-likeness (QED) is 0.560. The summed E-state index contributed by atoms with van der Waals surface area (Å²) in [6.45, 7) is 6.06. The number of fused-ring (bicyclic) bond motifs is 2. The molecule has 9 heteroatoms. The second kappa shape index (κ2) is 8.33. The molecule has 0 amide bonds. The Morgan fingerprint density at radius 2 is 1.94 bits per heavy atom. The third kappa shape index (κ3) is 3.85. The number of carbonyl (C=O) groups excluding carboxylic acids is 1. The van der Waals surface area contributed by atoms with Gasteiger partial charge >= 0.3 is 5.97 Å². The Morgan fingerprint density at radius 1 is 1.16 bits per heavy atom. The van der Waals surface area contributed by atoms with Crippen LogP contribution in [0.4, 0.5) is 11.6 Å². The number of esters is 1. The van der Waals surface area contributed by atoms with Crippen molar-refractivity contribution < 1.29 is 19.0 Å². The van der Waals surface area contributed by atoms with Crippen LogP contribution in [0.1, 0.15) is 48.3 Å². The Balaban J connectivity index is 1.75. The highest BCUT2D eigenvalue weighted by Crippen LogP contribution is 2.34. The van der Waals surface area contributed by atoms with E-state index in [-0.39, 0.29) is 18.0 Å². The van der Waals surface area contributed by atoms with Crippen LogP contribution in [0.25, 0.3) is 10.8 Å². The number of hydrogen-bond acceptors (Lipinski definition) is 9. The van der Waals surface area contributed by atoms with Gasteiger partial charge in [0, 0.05) is 31.0 Å². The molecule has 0 fully saturated rings. The molecule has 4 heterocycles. The van der Waals surface area contributed by atoms with Crippen molar-refractivity contribution in [1.29, 1.82) is 0 Å². The van der Waals surface area contributed by atoms with E-state index in [9.17, 15) is 4.79 Å². The van der Waals surface area contributed by atoms with Crippen LogP contribution in [0.2, 0.25) is 0 Å². The standard InChI is InChI=1S/C23H27N5O4/c1-12-13(2)32-22(29)14-6-7-18(28-20(12)14)27-19-8-15-16(9-25-19)21(31-5)26-10-17(15)23(3,24)11-30-4/h6-10,12-13H,11,24H2,1-5H3,(H,25,27,28)/t12-,13+,23-/m1/s1. The van der Waals surface area contributed by atoms with Crippen molar-refractivity contribution in [3.05, 3.63) is 47.4 Å². The van der Waals surface area contributed by atoms with Crippen LogP contribution < -0.4 is 15.8 Å². The fourth-order valence-corrected chi connectivity index (χ4v) is 3.93. The van der Waals surface area contributed by atoms with Crippen molar-refractivity contribution in [2.45, 2.75) is 38.3 Å². The Morgan fingerprint density at radius 3 is 2.66 bits per heavy atom. The number of cyclic esters (lactones) is 1. The highest BCUT2D eigenvalue weighted by atomic mass is 16.5. The minimum atomic E-state index is -0.763. The molecule has 3 aromatic heterocycles. The normalized spacial score (nSPS) is 19.8. The van der Waals surface area contributed by atoms with E-state index in [4.69, 9.17) is 19.9 Å². The molecule has 0 aromatic carbocycles. The van der Waals surface area contributed by atoms with Crippen LogP contribution in [-0.4, -0.2) is 47.9 Å². The Kier molecular flexibility index (Phi) is 5.70. The minimum absolute atomic E-state index is 0.0112. The molecule has 4 rings (SSSR count). The van der Waals surface area contributed by atoms with Gasteiger partial charge in [0.2, 0.25) is 5.88 Å². The molecule has 0 saturated heterocycles. The van der Waals surface area contributed by atoms with Crippen LogP contribution in [0, 0.1) is 0 Å². The number of aromatic nitrogens is 3. The van der Waals surface area contributed by atoms with Crippen LogP contribution in [0.15, 0.2) is 30.6 Å². The summed E-state index contributed by atoms with van der Waals surface area (Å²) >= 11 is 0. The first-order chi connectivity index (χ1) is 15.2. The summed E-state index contributed by atoms with van der Waals surface area (Å²) in [4.78, 5) is 25.7. The van der Waals surface area contributed by atoms with Crippen LogP contribution in [0.3, 0.4) is 0 Å². The van der Waals surface area contributed by atoms with Gasteiger partial charge in [0.25, 0.3) is 0 Å². The summed E-state index contributed by atoms with van der Waals surface area (Å²) < 4.78 is 16.1. The smallest absolute Gasteiger partial charge is 0.340 e. The van der Waals surface area contributed by atoms with Crippen molar-refractivity contribution in [1.82, 2.24) is 15.0 Å². The molecule has 3 aromatic rings. The monoisotopic (exact) mass is 437 g/mol. The zero-order valence-electron chi connectivity index (χ0n) is 18.8. The van der Waals surface area contributed by atoms with Crippen molar-refractivity contribution in [2.24, 2.45) is 5.73 Å². The van der Waals surface area contributed by atoms with E-state index in [2.05, 4.69) is 20.3 Å². The van der Waals surface area contributed by atoms with Gasteiger partial charge in [-0.05, 0) is 37.4 Å². The molecule has 0 unspecified atom stereocenters. The Hall–Kier alpha value is -3.30. The van der Waals surface area contributed by atoms with Gasteiger partial charge in [0.15, 0.2) is 0 Å². The Labute approximate surface area is 186 Å². The van der Waals surface area contributed by atoms with Crippen molar-refractivity contribution in [3.63, 3.8) is 0 Å². The molecule has 3 atom stereocenters. The number of pyridine rings is 3. The summed E-state index contributed by atoms with van der Waals surface area (Å²) in [6.07, 6.45) is 3.16. The lowest BCUT2D eigenvalue weighted by Crippen LogP contribution is -2.38. The van der Waals surface area contributed by atoms with Crippen LogP contribution in [-0.2, 0) is 15.0 Å². The molecule has 32 heavy (non-hydrogen) atoms. The maximum Gasteiger partial charge on any atom is 0.340 e. The topological polar surface area (TPSA) is 121 Å². The maximum atomic E-state index is 12.2. The number of nitrogens with one attached hydrogen (secondary N) is 1. The lowest BCUT2D eigenvalue weighted by molar-refractivity contribution is 0.0235. The van der Waals surface area contributed by atoms with E-state index in [1.54, 1.807) is 38.7 Å². The molecule has 0 aliphatic carbocycles. The number of anilines is 2. The molecule has 0 spiro atoms. The van der Waals surface area contributed by atoms with E-state index in [0.29, 0.717) is 35.4 Å². The lowest BCUT2D eigenvalue weighted by atomic mass is 9.91. The number of methoxy groups -OCH3 is 2. The summed E-state index contributed by atoms with van der Waals surface area (Å²) in [6, 6.07) is 5.35. The van der Waals surface area contributed by atoms with Crippen LogP contribution in [0.5, 0.6) is 5.88 Å². The van der Waals surface area contributed by atoms with Gasteiger partial charge in [-0.2, -0.15) is 0 Å². The fraction of sp³-hybridized carbons (Fsp3) is 0.391. The van der Waals surface area contributed by atoms with E-state index >= 15 is 0 Å². The zero-order chi connectivity index (χ0) is 23.0. The molecule has 168 valence electrons. The van der Waals surface area contributed by atoms with Crippen molar-refractivity contribution in [3.8, 4) is 5.88 Å². The average Bonchev–Trinajstić information content (AvgIpc) is 2.76. The Bertz CT molecular complexity index is 1180. The second-order valence-electron chi connectivity index (χ2n) is 8.30. The average molecular weight is 438 g/mol. The summed E-state index contributed by atoms with van der Waals surface area (Å²) in [7, 11) is 3.17. The molecule has 9 nitrogen and oxygen atoms in total. The molecule has 1 aliphatic rings. The van der Waals surface area contributed by atoms with Gasteiger partial charge in [-0.15, -0.1) is 0 Å². The highest BCUT2D eigenvalue weighted by Gasteiger charge is 2.31. The van der Waals surface area contributed by atoms with E-state index < -0.39 is 5.54 Å². The summed E-state index contributed by atoms with van der Waals surface area (Å²) in [5.41, 5.74) is 7.77. The zero-order valence-corrected chi connectivity index (χ0v) is 18.8. The predicted molar refractivity (Wildman–Crippen MR) is 120 cm³/mol. The number of nitrogens with two attached hydrogens (primary N) is 1. The number of ether oxygens (including phenoxy) is 3. The highest BCUT2D eigenvalue weighted by molar-refractivity contribution is 5.93. The summed E-state index contributed by atoms with van der Waals surface area (Å²) in [5.74, 6) is 1.26. The lowest BCUT2D eigenvalue weighted by Gasteiger charge is -2.27. The number of rotatable bonds is 6. The van der Waals surface area contributed by atoms with Gasteiger partial charge in [-0.1, -0.05) is 6.92 Å². The second-order valence-corrected chi connectivity index (χ2v) is 8.30. The maximum absolute atomic E-state index is 12.2. The van der Waals surface area contributed by atoms with E-state index in [1.165, 1.54) is 0 Å². The molecule has 0 radical (unpaired) electrons. The molecule has 3 N–H and O–H groups in total. The number of nitrogens with zero attached hydrogens (tertiary/aromatic N) is 3. The minimum Gasteiger partial charge on any atom is -0.481 e. The van der Waals surface area contributed by atoms with Gasteiger partial charge < -0.3 is 25.3 Å². The number of hydrogen-bond donors (Lipinski definition) is 2. The number of carbonyl (C=O) groups is 1. The molecule has 0 bridgehead atoms. The fourth-order valence-electron chi connectivity index (χ4n) is 3.93. The largest absolute Gasteiger partial charge is 0.481 e. The first kappa shape index (κ1) is 21.9. The first-order valence-electron chi connectivity index (χ1n) is 10.3. The van der Waals surface area contributed by atoms with Gasteiger partial charge in [-0.3, -0.25) is 0 Å². The summed E-state index contributed by atoms with van der Waals surface area (Å²) in [5, 5.41) is 4.83. The third-order valence-electron chi connectivity index (χ3n) is 5.82. The van der Waals surface area contributed by atoms with E-state index in [0.717, 1.165) is 16.3 Å². The SMILES string of the molecule is COC[C@@](C)(N)c1cnc(OC)c2cnc(Nc3ccc4c(n3)[C@H](C)[C@H](C)OC4=O)cc12. The van der Waals surface area contributed by atoms with Crippen LogP contribution >= 0.6 is 0 Å². The molecular weight excluding hydrogens is 410 g/mol. The third-order valence-corrected chi connectivity index (χ3v) is 5.82. The van der Waals surface area contributed by atoms with Crippen molar-refractivity contribution >= 4 is 28.4 Å². The van der Waals surface area contributed by atoms with Gasteiger partial charge in [-0.25, -0.2) is 19.7 Å². The predicted octanol–water partition coefficient (Wildman–Crippen LogP) is 3.26. The molecular formula is C23H27N5O4. The van der Waals surface area contributed by atoms with Gasteiger partial charge in [0.05, 0.1) is 35.9 Å². The van der Waals surface area contributed by atoms with E-state index in [1.807, 2.05) is 26.8 Å². The van der Waals surface area contributed by atoms with Crippen molar-refractivity contribution in [2.75, 3.05) is 26.1 Å². The van der Waals surface area contributed by atoms with Gasteiger partial charge in [0.1, 0.15) is 17.7 Å². The molecule has 1 aliphatic heterocycles. The first-order valence-corrected chi connectivity index (χ1v) is 10.3.